The first-order valence-electron chi connectivity index (χ1n) is 6.72. The standard InChI is InChI=1S/C17H14ClFN2/c18-15-7-2-8-16(19)14(15)11-20-10-13-5-1-4-12-6-3-9-21-17(12)13/h1-9,20H,10-11H2. The Hall–Kier alpha value is -1.97. The third-order valence-electron chi connectivity index (χ3n) is 3.40. The molecule has 0 unspecified atom stereocenters. The second-order valence-corrected chi connectivity index (χ2v) is 5.20. The monoisotopic (exact) mass is 300 g/mol. The third kappa shape index (κ3) is 3.04. The summed E-state index contributed by atoms with van der Waals surface area (Å²) in [5.41, 5.74) is 2.54. The quantitative estimate of drug-likeness (QED) is 0.776. The molecule has 4 heteroatoms. The van der Waals surface area contributed by atoms with Crippen LogP contribution in [0, 0.1) is 5.82 Å². The van der Waals surface area contributed by atoms with Crippen molar-refractivity contribution in [2.24, 2.45) is 0 Å². The molecule has 1 N–H and O–H groups in total. The van der Waals surface area contributed by atoms with E-state index in [2.05, 4.69) is 10.3 Å². The molecule has 106 valence electrons. The van der Waals surface area contributed by atoms with Gasteiger partial charge < -0.3 is 5.32 Å². The van der Waals surface area contributed by atoms with Crippen molar-refractivity contribution in [2.75, 3.05) is 0 Å². The number of para-hydroxylation sites is 1. The SMILES string of the molecule is Fc1cccc(Cl)c1CNCc1cccc2cccnc12. The molecule has 0 aliphatic rings. The maximum absolute atomic E-state index is 13.7. The highest BCUT2D eigenvalue weighted by Gasteiger charge is 2.07. The minimum atomic E-state index is -0.286. The van der Waals surface area contributed by atoms with Gasteiger partial charge in [0.2, 0.25) is 0 Å². The van der Waals surface area contributed by atoms with E-state index in [0.717, 1.165) is 16.5 Å². The van der Waals surface area contributed by atoms with Gasteiger partial charge in [-0.3, -0.25) is 4.98 Å². The van der Waals surface area contributed by atoms with E-state index in [1.54, 1.807) is 18.3 Å². The van der Waals surface area contributed by atoms with Gasteiger partial charge >= 0.3 is 0 Å². The first kappa shape index (κ1) is 14.0. The van der Waals surface area contributed by atoms with Crippen LogP contribution in [0.15, 0.2) is 54.7 Å². The molecule has 21 heavy (non-hydrogen) atoms. The van der Waals surface area contributed by atoms with Crippen molar-refractivity contribution in [3.63, 3.8) is 0 Å². The van der Waals surface area contributed by atoms with Crippen molar-refractivity contribution in [3.8, 4) is 0 Å². The lowest BCUT2D eigenvalue weighted by molar-refractivity contribution is 0.588. The molecule has 0 saturated heterocycles. The zero-order chi connectivity index (χ0) is 14.7. The normalized spacial score (nSPS) is 11.0. The molecular weight excluding hydrogens is 287 g/mol. The molecule has 0 aliphatic heterocycles. The molecule has 0 fully saturated rings. The molecule has 1 aromatic heterocycles. The number of hydrogen-bond donors (Lipinski definition) is 1. The highest BCUT2D eigenvalue weighted by molar-refractivity contribution is 6.31. The van der Waals surface area contributed by atoms with Crippen LogP contribution in [0.1, 0.15) is 11.1 Å². The van der Waals surface area contributed by atoms with Crippen LogP contribution in [-0.4, -0.2) is 4.98 Å². The molecule has 0 saturated carbocycles. The Balaban J connectivity index is 1.76. The summed E-state index contributed by atoms with van der Waals surface area (Å²) in [6.07, 6.45) is 1.78. The molecule has 0 atom stereocenters. The van der Waals surface area contributed by atoms with Gasteiger partial charge in [-0.15, -0.1) is 0 Å². The summed E-state index contributed by atoms with van der Waals surface area (Å²) >= 11 is 6.01. The van der Waals surface area contributed by atoms with E-state index in [4.69, 9.17) is 11.6 Å². The topological polar surface area (TPSA) is 24.9 Å². The lowest BCUT2D eigenvalue weighted by Crippen LogP contribution is -2.14. The number of pyridine rings is 1. The Morgan fingerprint density at radius 1 is 1.00 bits per heavy atom. The zero-order valence-corrected chi connectivity index (χ0v) is 12.1. The van der Waals surface area contributed by atoms with Crippen LogP contribution in [-0.2, 0) is 13.1 Å². The fourth-order valence-corrected chi connectivity index (χ4v) is 2.56. The number of benzene rings is 2. The summed E-state index contributed by atoms with van der Waals surface area (Å²) in [6, 6.07) is 14.7. The van der Waals surface area contributed by atoms with Crippen molar-refractivity contribution >= 4 is 22.5 Å². The van der Waals surface area contributed by atoms with Gasteiger partial charge in [-0.2, -0.15) is 0 Å². The van der Waals surface area contributed by atoms with Crippen molar-refractivity contribution in [1.29, 1.82) is 0 Å². The smallest absolute Gasteiger partial charge is 0.129 e. The molecule has 1 heterocycles. The summed E-state index contributed by atoms with van der Waals surface area (Å²) in [5, 5.41) is 4.77. The second-order valence-electron chi connectivity index (χ2n) is 4.80. The van der Waals surface area contributed by atoms with Gasteiger partial charge in [0, 0.05) is 35.3 Å². The van der Waals surface area contributed by atoms with E-state index >= 15 is 0 Å². The average Bonchev–Trinajstić information content (AvgIpc) is 2.50. The number of nitrogens with zero attached hydrogens (tertiary/aromatic N) is 1. The number of aromatic nitrogens is 1. The van der Waals surface area contributed by atoms with Gasteiger partial charge in [0.25, 0.3) is 0 Å². The van der Waals surface area contributed by atoms with Crippen LogP contribution >= 0.6 is 11.6 Å². The number of fused-ring (bicyclic) bond motifs is 1. The van der Waals surface area contributed by atoms with E-state index < -0.39 is 0 Å². The molecule has 2 nitrogen and oxygen atoms in total. The Morgan fingerprint density at radius 2 is 1.81 bits per heavy atom. The molecule has 0 bridgehead atoms. The fourth-order valence-electron chi connectivity index (χ4n) is 2.33. The molecular formula is C17H14ClFN2. The van der Waals surface area contributed by atoms with Gasteiger partial charge in [-0.25, -0.2) is 4.39 Å². The highest BCUT2D eigenvalue weighted by atomic mass is 35.5. The number of halogens is 2. The Labute approximate surface area is 127 Å². The molecule has 0 radical (unpaired) electrons. The van der Waals surface area contributed by atoms with Crippen molar-refractivity contribution in [2.45, 2.75) is 13.1 Å². The minimum absolute atomic E-state index is 0.286. The molecule has 2 aromatic carbocycles. The largest absolute Gasteiger partial charge is 0.308 e. The molecule has 0 aliphatic carbocycles. The molecule has 3 aromatic rings. The second kappa shape index (κ2) is 6.20. The van der Waals surface area contributed by atoms with E-state index in [-0.39, 0.29) is 5.82 Å². The van der Waals surface area contributed by atoms with Crippen LogP contribution in [0.5, 0.6) is 0 Å². The van der Waals surface area contributed by atoms with Gasteiger partial charge in [0.15, 0.2) is 0 Å². The van der Waals surface area contributed by atoms with E-state index in [0.29, 0.717) is 23.7 Å². The number of rotatable bonds is 4. The predicted octanol–water partition coefficient (Wildman–Crippen LogP) is 4.32. The van der Waals surface area contributed by atoms with Crippen LogP contribution < -0.4 is 5.32 Å². The van der Waals surface area contributed by atoms with Crippen LogP contribution in [0.2, 0.25) is 5.02 Å². The first-order valence-corrected chi connectivity index (χ1v) is 7.10. The highest BCUT2D eigenvalue weighted by Crippen LogP contribution is 2.19. The van der Waals surface area contributed by atoms with Gasteiger partial charge in [0.1, 0.15) is 5.82 Å². The summed E-state index contributed by atoms with van der Waals surface area (Å²) in [5.74, 6) is -0.286. The molecule has 3 rings (SSSR count). The van der Waals surface area contributed by atoms with Crippen molar-refractivity contribution in [1.82, 2.24) is 10.3 Å². The van der Waals surface area contributed by atoms with Crippen LogP contribution in [0.4, 0.5) is 4.39 Å². The minimum Gasteiger partial charge on any atom is -0.308 e. The summed E-state index contributed by atoms with van der Waals surface area (Å²) in [6.45, 7) is 0.994. The van der Waals surface area contributed by atoms with E-state index in [1.807, 2.05) is 30.3 Å². The van der Waals surface area contributed by atoms with E-state index in [1.165, 1.54) is 6.07 Å². The Morgan fingerprint density at radius 3 is 2.67 bits per heavy atom. The number of nitrogens with one attached hydrogen (secondary N) is 1. The average molecular weight is 301 g/mol. The first-order chi connectivity index (χ1) is 10.3. The van der Waals surface area contributed by atoms with Crippen molar-refractivity contribution < 1.29 is 4.39 Å². The predicted molar refractivity (Wildman–Crippen MR) is 83.7 cm³/mol. The lowest BCUT2D eigenvalue weighted by atomic mass is 10.1. The fraction of sp³-hybridized carbons (Fsp3) is 0.118. The summed E-state index contributed by atoms with van der Waals surface area (Å²) in [4.78, 5) is 4.40. The maximum atomic E-state index is 13.7. The lowest BCUT2D eigenvalue weighted by Gasteiger charge is -2.09. The summed E-state index contributed by atoms with van der Waals surface area (Å²) < 4.78 is 13.7. The van der Waals surface area contributed by atoms with Crippen LogP contribution in [0.3, 0.4) is 0 Å². The van der Waals surface area contributed by atoms with Crippen LogP contribution in [0.25, 0.3) is 10.9 Å². The third-order valence-corrected chi connectivity index (χ3v) is 3.75. The van der Waals surface area contributed by atoms with Gasteiger partial charge in [0.05, 0.1) is 5.52 Å². The van der Waals surface area contributed by atoms with E-state index in [9.17, 15) is 4.39 Å². The zero-order valence-electron chi connectivity index (χ0n) is 11.3. The Bertz CT molecular complexity index is 748. The number of hydrogen-bond acceptors (Lipinski definition) is 2. The van der Waals surface area contributed by atoms with Crippen molar-refractivity contribution in [3.05, 3.63) is 76.7 Å². The molecule has 0 spiro atoms. The maximum Gasteiger partial charge on any atom is 0.129 e. The molecule has 0 amide bonds. The summed E-state index contributed by atoms with van der Waals surface area (Å²) in [7, 11) is 0. The van der Waals surface area contributed by atoms with Gasteiger partial charge in [-0.1, -0.05) is 41.9 Å². The van der Waals surface area contributed by atoms with Gasteiger partial charge in [-0.05, 0) is 23.8 Å². The Kier molecular flexibility index (Phi) is 4.13.